The third-order valence-electron chi connectivity index (χ3n) is 6.69. The second kappa shape index (κ2) is 8.66. The minimum Gasteiger partial charge on any atom is -0.328 e. The molecule has 1 heteroatoms. The molecule has 0 bridgehead atoms. The Bertz CT molecular complexity index is 253. The van der Waals surface area contributed by atoms with Crippen molar-refractivity contribution in [3.8, 4) is 0 Å². The van der Waals surface area contributed by atoms with Crippen molar-refractivity contribution in [3.05, 3.63) is 6.42 Å². The molecule has 0 aromatic carbocycles. The van der Waals surface area contributed by atoms with Crippen LogP contribution >= 0.6 is 0 Å². The van der Waals surface area contributed by atoms with E-state index in [-0.39, 0.29) is 32.7 Å². The largest absolute Gasteiger partial charge is 0.328 e. The first-order valence-electron chi connectivity index (χ1n) is 9.14. The van der Waals surface area contributed by atoms with E-state index < -0.39 is 0 Å². The Morgan fingerprint density at radius 3 is 1.35 bits per heavy atom. The van der Waals surface area contributed by atoms with Crippen LogP contribution in [0.1, 0.15) is 84.0 Å². The summed E-state index contributed by atoms with van der Waals surface area (Å²) in [5.41, 5.74) is 0. The zero-order chi connectivity index (χ0) is 13.1. The number of rotatable bonds is 2. The van der Waals surface area contributed by atoms with Gasteiger partial charge in [-0.2, -0.15) is 12.8 Å². The summed E-state index contributed by atoms with van der Waals surface area (Å²) in [6, 6.07) is 0. The second-order valence-electron chi connectivity index (χ2n) is 7.90. The van der Waals surface area contributed by atoms with Crippen LogP contribution in [0.15, 0.2) is 0 Å². The Labute approximate surface area is 152 Å². The molecule has 0 amide bonds. The molecular formula is C19H33Y-. The average molecular weight is 350 g/mol. The molecule has 0 spiro atoms. The Kier molecular flexibility index (Phi) is 7.56. The van der Waals surface area contributed by atoms with Crippen LogP contribution < -0.4 is 0 Å². The Balaban J connectivity index is 0.00000147. The summed E-state index contributed by atoms with van der Waals surface area (Å²) in [5.74, 6) is 5.44. The molecule has 0 aliphatic heterocycles. The van der Waals surface area contributed by atoms with Gasteiger partial charge >= 0.3 is 0 Å². The first-order chi connectivity index (χ1) is 9.33. The zero-order valence-electron chi connectivity index (χ0n) is 13.5. The summed E-state index contributed by atoms with van der Waals surface area (Å²) in [6.07, 6.45) is 20.8. The molecular weight excluding hydrogens is 317 g/mol. The standard InChI is InChI=1S/C19H33.Y/c1-15-7-9-17(10-8-15)19-13-11-18(12-14-19)16-5-3-2-4-6-16;/h2,15-19H,3-14H2,1H3;/q-1;. The summed E-state index contributed by atoms with van der Waals surface area (Å²) in [5, 5.41) is 0. The van der Waals surface area contributed by atoms with E-state index >= 15 is 0 Å². The van der Waals surface area contributed by atoms with Crippen molar-refractivity contribution >= 4 is 0 Å². The zero-order valence-corrected chi connectivity index (χ0v) is 16.4. The quantitative estimate of drug-likeness (QED) is 0.535. The van der Waals surface area contributed by atoms with Gasteiger partial charge in [-0.05, 0) is 68.1 Å². The Morgan fingerprint density at radius 2 is 0.900 bits per heavy atom. The van der Waals surface area contributed by atoms with E-state index in [1.54, 1.807) is 38.5 Å². The molecule has 0 saturated heterocycles. The van der Waals surface area contributed by atoms with Crippen LogP contribution in [0, 0.1) is 36.0 Å². The van der Waals surface area contributed by atoms with Gasteiger partial charge in [0.25, 0.3) is 0 Å². The summed E-state index contributed by atoms with van der Waals surface area (Å²) < 4.78 is 0. The van der Waals surface area contributed by atoms with Gasteiger partial charge in [-0.15, -0.1) is 0 Å². The van der Waals surface area contributed by atoms with E-state index in [0.717, 1.165) is 29.6 Å². The average Bonchev–Trinajstić information content (AvgIpc) is 2.49. The van der Waals surface area contributed by atoms with Crippen LogP contribution in [0.4, 0.5) is 0 Å². The molecule has 0 unspecified atom stereocenters. The minimum atomic E-state index is 0. The molecule has 1 radical (unpaired) electrons. The third kappa shape index (κ3) is 4.55. The summed E-state index contributed by atoms with van der Waals surface area (Å²) in [6.45, 7) is 2.45. The summed E-state index contributed by atoms with van der Waals surface area (Å²) in [7, 11) is 0. The molecule has 3 aliphatic rings. The first kappa shape index (κ1) is 17.5. The van der Waals surface area contributed by atoms with Crippen LogP contribution in [-0.4, -0.2) is 0 Å². The van der Waals surface area contributed by atoms with E-state index in [1.165, 1.54) is 38.5 Å². The van der Waals surface area contributed by atoms with Gasteiger partial charge in [-0.3, -0.25) is 0 Å². The predicted octanol–water partition coefficient (Wildman–Crippen LogP) is 6.01. The van der Waals surface area contributed by atoms with Gasteiger partial charge in [0.05, 0.1) is 0 Å². The van der Waals surface area contributed by atoms with Crippen LogP contribution in [0.25, 0.3) is 0 Å². The van der Waals surface area contributed by atoms with Crippen molar-refractivity contribution in [3.63, 3.8) is 0 Å². The molecule has 3 rings (SSSR count). The maximum absolute atomic E-state index is 2.52. The Hall–Kier alpha value is 1.10. The predicted molar refractivity (Wildman–Crippen MR) is 82.8 cm³/mol. The van der Waals surface area contributed by atoms with Gasteiger partial charge in [0.2, 0.25) is 0 Å². The minimum absolute atomic E-state index is 0. The van der Waals surface area contributed by atoms with Crippen molar-refractivity contribution in [2.75, 3.05) is 0 Å². The first-order valence-corrected chi connectivity index (χ1v) is 9.14. The van der Waals surface area contributed by atoms with Crippen molar-refractivity contribution in [1.29, 1.82) is 0 Å². The fraction of sp³-hybridized carbons (Fsp3) is 0.947. The molecule has 20 heavy (non-hydrogen) atoms. The van der Waals surface area contributed by atoms with Crippen LogP contribution in [0.2, 0.25) is 0 Å². The third-order valence-corrected chi connectivity index (χ3v) is 6.69. The number of hydrogen-bond acceptors (Lipinski definition) is 0. The summed E-state index contributed by atoms with van der Waals surface area (Å²) in [4.78, 5) is 0. The topological polar surface area (TPSA) is 0 Å². The molecule has 0 aromatic heterocycles. The van der Waals surface area contributed by atoms with Crippen molar-refractivity contribution < 1.29 is 32.7 Å². The van der Waals surface area contributed by atoms with E-state index in [2.05, 4.69) is 13.3 Å². The van der Waals surface area contributed by atoms with Gasteiger partial charge in [0, 0.05) is 32.7 Å². The van der Waals surface area contributed by atoms with Gasteiger partial charge in [0.1, 0.15) is 0 Å². The van der Waals surface area contributed by atoms with Crippen LogP contribution in [0.3, 0.4) is 0 Å². The maximum Gasteiger partial charge on any atom is 0 e. The maximum atomic E-state index is 2.52. The molecule has 0 atom stereocenters. The fourth-order valence-corrected chi connectivity index (χ4v) is 5.27. The molecule has 0 aromatic rings. The molecule has 0 heterocycles. The smallest absolute Gasteiger partial charge is 0 e. The van der Waals surface area contributed by atoms with E-state index in [1.807, 2.05) is 0 Å². The van der Waals surface area contributed by atoms with E-state index in [0.29, 0.717) is 0 Å². The number of hydrogen-bond donors (Lipinski definition) is 0. The van der Waals surface area contributed by atoms with E-state index in [9.17, 15) is 0 Å². The van der Waals surface area contributed by atoms with Gasteiger partial charge in [-0.25, -0.2) is 0 Å². The van der Waals surface area contributed by atoms with Crippen LogP contribution in [0.5, 0.6) is 0 Å². The fourth-order valence-electron chi connectivity index (χ4n) is 5.27. The normalized spacial score (nSPS) is 40.0. The van der Waals surface area contributed by atoms with Crippen molar-refractivity contribution in [1.82, 2.24) is 0 Å². The second-order valence-corrected chi connectivity index (χ2v) is 7.90. The molecule has 3 aliphatic carbocycles. The summed E-state index contributed by atoms with van der Waals surface area (Å²) >= 11 is 0. The monoisotopic (exact) mass is 350 g/mol. The SMILES string of the molecule is CC1CCC(C2CCC(C3CC[CH-]CC3)CC2)CC1.[Y]. The van der Waals surface area contributed by atoms with Gasteiger partial charge < -0.3 is 6.42 Å². The molecule has 3 fully saturated rings. The van der Waals surface area contributed by atoms with Crippen molar-refractivity contribution in [2.45, 2.75) is 84.0 Å². The Morgan fingerprint density at radius 1 is 0.550 bits per heavy atom. The van der Waals surface area contributed by atoms with E-state index in [4.69, 9.17) is 0 Å². The molecule has 0 N–H and O–H groups in total. The molecule has 3 saturated carbocycles. The van der Waals surface area contributed by atoms with Crippen LogP contribution in [-0.2, 0) is 32.7 Å². The molecule has 0 nitrogen and oxygen atoms in total. The van der Waals surface area contributed by atoms with Crippen molar-refractivity contribution in [2.24, 2.45) is 29.6 Å². The van der Waals surface area contributed by atoms with Gasteiger partial charge in [-0.1, -0.05) is 32.6 Å². The van der Waals surface area contributed by atoms with Gasteiger partial charge in [0.15, 0.2) is 0 Å². The molecule has 113 valence electrons.